The number of hydrogen-bond donors (Lipinski definition) is 2. The molecule has 1 aromatic carbocycles. The van der Waals surface area contributed by atoms with E-state index in [9.17, 15) is 14.4 Å². The van der Waals surface area contributed by atoms with Crippen molar-refractivity contribution in [3.05, 3.63) is 40.8 Å². The number of imide groups is 1. The lowest BCUT2D eigenvalue weighted by molar-refractivity contribution is -0.116. The molecule has 3 amide bonds. The van der Waals surface area contributed by atoms with Crippen LogP contribution in [0.4, 0.5) is 10.5 Å². The second-order valence-corrected chi connectivity index (χ2v) is 4.87. The summed E-state index contributed by atoms with van der Waals surface area (Å²) in [7, 11) is 0. The van der Waals surface area contributed by atoms with E-state index in [0.29, 0.717) is 5.69 Å². The second kappa shape index (κ2) is 5.71. The van der Waals surface area contributed by atoms with E-state index in [4.69, 9.17) is 0 Å². The number of thioether (sulfide) groups is 1. The van der Waals surface area contributed by atoms with Gasteiger partial charge in [-0.3, -0.25) is 19.7 Å². The molecule has 0 unspecified atom stereocenters. The lowest BCUT2D eigenvalue weighted by Gasteiger charge is -2.07. The molecule has 1 fully saturated rings. The zero-order valence-electron chi connectivity index (χ0n) is 10.2. The van der Waals surface area contributed by atoms with Gasteiger partial charge in [0.05, 0.1) is 4.91 Å². The van der Waals surface area contributed by atoms with Crippen molar-refractivity contribution in [1.82, 2.24) is 5.32 Å². The maximum absolute atomic E-state index is 11.8. The first-order valence-electron chi connectivity index (χ1n) is 5.74. The minimum Gasteiger partial charge on any atom is -0.322 e. The van der Waals surface area contributed by atoms with Gasteiger partial charge >= 0.3 is 0 Å². The van der Waals surface area contributed by atoms with Crippen LogP contribution in [0.15, 0.2) is 35.2 Å². The van der Waals surface area contributed by atoms with Crippen molar-refractivity contribution in [2.75, 3.05) is 5.32 Å². The summed E-state index contributed by atoms with van der Waals surface area (Å²) in [6.07, 6.45) is 1.93. The molecule has 1 heterocycles. The first-order valence-corrected chi connectivity index (χ1v) is 6.55. The molecule has 1 saturated heterocycles. The summed E-state index contributed by atoms with van der Waals surface area (Å²) in [5, 5.41) is 4.34. The van der Waals surface area contributed by atoms with Gasteiger partial charge in [0.25, 0.3) is 11.1 Å². The van der Waals surface area contributed by atoms with Gasteiger partial charge < -0.3 is 5.32 Å². The van der Waals surface area contributed by atoms with Gasteiger partial charge in [0.1, 0.15) is 0 Å². The number of rotatable bonds is 3. The van der Waals surface area contributed by atoms with Crippen LogP contribution in [0.5, 0.6) is 0 Å². The number of carbonyl (C=O) groups is 3. The smallest absolute Gasteiger partial charge is 0.290 e. The Kier molecular flexibility index (Phi) is 4.01. The molecule has 0 aliphatic carbocycles. The summed E-state index contributed by atoms with van der Waals surface area (Å²) >= 11 is 0.723. The minimum atomic E-state index is -0.533. The molecule has 0 atom stereocenters. The number of hydrogen-bond acceptors (Lipinski definition) is 4. The minimum absolute atomic E-state index is 0.108. The van der Waals surface area contributed by atoms with Crippen LogP contribution in [0.2, 0.25) is 0 Å². The molecule has 0 spiro atoms. The fraction of sp³-hybridized carbons (Fsp3) is 0.154. The quantitative estimate of drug-likeness (QED) is 0.829. The normalized spacial score (nSPS) is 16.6. The van der Waals surface area contributed by atoms with Crippen molar-refractivity contribution in [3.8, 4) is 0 Å². The van der Waals surface area contributed by atoms with Crippen molar-refractivity contribution in [2.45, 2.75) is 13.3 Å². The molecule has 98 valence electrons. The zero-order valence-corrected chi connectivity index (χ0v) is 11.0. The molecule has 2 rings (SSSR count). The van der Waals surface area contributed by atoms with E-state index in [-0.39, 0.29) is 4.91 Å². The topological polar surface area (TPSA) is 75.3 Å². The highest BCUT2D eigenvalue weighted by Gasteiger charge is 2.25. The summed E-state index contributed by atoms with van der Waals surface area (Å²) in [5.41, 5.74) is 1.72. The monoisotopic (exact) mass is 276 g/mol. The zero-order chi connectivity index (χ0) is 13.8. The van der Waals surface area contributed by atoms with Crippen LogP contribution in [0.1, 0.15) is 12.5 Å². The Bertz CT molecular complexity index is 581. The van der Waals surface area contributed by atoms with Gasteiger partial charge in [-0.15, -0.1) is 0 Å². The van der Waals surface area contributed by atoms with E-state index in [1.807, 2.05) is 25.1 Å². The van der Waals surface area contributed by atoms with Gasteiger partial charge in [-0.25, -0.2) is 0 Å². The lowest BCUT2D eigenvalue weighted by Crippen LogP contribution is -2.19. The van der Waals surface area contributed by atoms with Gasteiger partial charge in [0.15, 0.2) is 0 Å². The van der Waals surface area contributed by atoms with Gasteiger partial charge in [0.2, 0.25) is 5.91 Å². The average Bonchev–Trinajstić information content (AvgIpc) is 2.68. The molecule has 0 radical (unpaired) electrons. The number of amides is 3. The maximum Gasteiger partial charge on any atom is 0.290 e. The van der Waals surface area contributed by atoms with Crippen LogP contribution in [0.3, 0.4) is 0 Å². The molecule has 1 aromatic rings. The van der Waals surface area contributed by atoms with Crippen LogP contribution in [0.25, 0.3) is 0 Å². The first-order chi connectivity index (χ1) is 9.10. The Labute approximate surface area is 114 Å². The Morgan fingerprint density at radius 2 is 2.11 bits per heavy atom. The van der Waals surface area contributed by atoms with E-state index >= 15 is 0 Å². The van der Waals surface area contributed by atoms with Crippen LogP contribution in [-0.4, -0.2) is 17.1 Å². The Hall–Kier alpha value is -2.08. The van der Waals surface area contributed by atoms with E-state index in [1.165, 1.54) is 0 Å². The number of benzene rings is 1. The van der Waals surface area contributed by atoms with Crippen LogP contribution in [-0.2, 0) is 16.0 Å². The molecular weight excluding hydrogens is 264 g/mol. The Morgan fingerprint density at radius 3 is 2.74 bits per heavy atom. The molecule has 6 heteroatoms. The van der Waals surface area contributed by atoms with E-state index in [2.05, 4.69) is 10.6 Å². The number of aryl methyl sites for hydroxylation is 1. The molecule has 0 bridgehead atoms. The summed E-state index contributed by atoms with van der Waals surface area (Å²) in [6.45, 7) is 1.99. The Balaban J connectivity index is 2.12. The third-order valence-corrected chi connectivity index (χ3v) is 3.37. The second-order valence-electron chi connectivity index (χ2n) is 3.85. The van der Waals surface area contributed by atoms with Crippen molar-refractivity contribution < 1.29 is 14.4 Å². The summed E-state index contributed by atoms with van der Waals surface area (Å²) < 4.78 is 0. The number of carbonyl (C=O) groups excluding carboxylic acids is 3. The van der Waals surface area contributed by atoms with Crippen LogP contribution < -0.4 is 10.6 Å². The summed E-state index contributed by atoms with van der Waals surface area (Å²) in [6, 6.07) is 7.43. The predicted molar refractivity (Wildman–Crippen MR) is 73.7 cm³/mol. The van der Waals surface area contributed by atoms with Gasteiger partial charge in [-0.2, -0.15) is 0 Å². The molecule has 19 heavy (non-hydrogen) atoms. The van der Waals surface area contributed by atoms with Crippen molar-refractivity contribution >= 4 is 34.5 Å². The maximum atomic E-state index is 11.8. The molecule has 0 aromatic heterocycles. The van der Waals surface area contributed by atoms with Gasteiger partial charge in [-0.05, 0) is 29.8 Å². The van der Waals surface area contributed by atoms with Gasteiger partial charge in [-0.1, -0.05) is 25.1 Å². The highest BCUT2D eigenvalue weighted by molar-refractivity contribution is 8.18. The van der Waals surface area contributed by atoms with Crippen LogP contribution >= 0.6 is 11.8 Å². The molecule has 1 aliphatic rings. The van der Waals surface area contributed by atoms with Crippen molar-refractivity contribution in [2.24, 2.45) is 0 Å². The van der Waals surface area contributed by atoms with E-state index < -0.39 is 17.1 Å². The average molecular weight is 276 g/mol. The Morgan fingerprint density at radius 1 is 1.37 bits per heavy atom. The largest absolute Gasteiger partial charge is 0.322 e. The molecule has 1 aliphatic heterocycles. The third kappa shape index (κ3) is 3.23. The fourth-order valence-electron chi connectivity index (χ4n) is 1.66. The molecule has 5 nitrogen and oxygen atoms in total. The lowest BCUT2D eigenvalue weighted by atomic mass is 10.1. The third-order valence-electron chi connectivity index (χ3n) is 2.56. The number of para-hydroxylation sites is 1. The molecule has 0 saturated carbocycles. The highest BCUT2D eigenvalue weighted by atomic mass is 32.2. The number of nitrogens with one attached hydrogen (secondary N) is 2. The number of anilines is 1. The van der Waals surface area contributed by atoms with Gasteiger partial charge in [0, 0.05) is 11.8 Å². The fourth-order valence-corrected chi connectivity index (χ4v) is 2.31. The SMILES string of the molecule is CCc1ccccc1NC(=O)/C=C1\SC(=O)NC1=O. The standard InChI is InChI=1S/C13H12N2O3S/c1-2-8-5-3-4-6-9(8)14-11(16)7-10-12(17)15-13(18)19-10/h3-7H,2H2,1H3,(H,14,16)(H,15,17,18)/b10-7-. The molecular formula is C13H12N2O3S. The summed E-state index contributed by atoms with van der Waals surface area (Å²) in [5.74, 6) is -0.956. The van der Waals surface area contributed by atoms with E-state index in [0.717, 1.165) is 29.8 Å². The van der Waals surface area contributed by atoms with E-state index in [1.54, 1.807) is 6.07 Å². The highest BCUT2D eigenvalue weighted by Crippen LogP contribution is 2.23. The molecule has 2 N–H and O–H groups in total. The van der Waals surface area contributed by atoms with Crippen molar-refractivity contribution in [1.29, 1.82) is 0 Å². The predicted octanol–water partition coefficient (Wildman–Crippen LogP) is 2.05. The van der Waals surface area contributed by atoms with Crippen molar-refractivity contribution in [3.63, 3.8) is 0 Å². The first kappa shape index (κ1) is 13.4. The van der Waals surface area contributed by atoms with Crippen LogP contribution in [0, 0.1) is 0 Å². The summed E-state index contributed by atoms with van der Waals surface area (Å²) in [4.78, 5) is 34.2.